The lowest BCUT2D eigenvalue weighted by Crippen LogP contribution is -2.10. The quantitative estimate of drug-likeness (QED) is 0.617. The summed E-state index contributed by atoms with van der Waals surface area (Å²) in [5.41, 5.74) is 0. The minimum absolute atomic E-state index is 0.125. The topological polar surface area (TPSA) is 26.3 Å². The van der Waals surface area contributed by atoms with Crippen LogP contribution < -0.4 is 10.0 Å². The van der Waals surface area contributed by atoms with Crippen molar-refractivity contribution >= 4 is 36.1 Å². The highest BCUT2D eigenvalue weighted by molar-refractivity contribution is 9.10. The standard InChI is InChI=1S/C9H8BrF2O2P/c10-6-2-1-3-7(14-9(11)12)8(6)15-5-4-13/h1-4,9,15H,5H2. The van der Waals surface area contributed by atoms with Crippen LogP contribution in [0, 0.1) is 0 Å². The van der Waals surface area contributed by atoms with Crippen LogP contribution in [0.3, 0.4) is 0 Å². The van der Waals surface area contributed by atoms with Gasteiger partial charge in [0.15, 0.2) is 0 Å². The van der Waals surface area contributed by atoms with Crippen molar-refractivity contribution < 1.29 is 18.3 Å². The molecule has 15 heavy (non-hydrogen) atoms. The van der Waals surface area contributed by atoms with Crippen molar-refractivity contribution in [2.75, 3.05) is 6.16 Å². The molecule has 0 bridgehead atoms. The summed E-state index contributed by atoms with van der Waals surface area (Å²) in [5.74, 6) is 0.125. The number of carbonyl (C=O) groups is 1. The fraction of sp³-hybridized carbons (Fsp3) is 0.222. The molecular formula is C9H8BrF2O2P. The lowest BCUT2D eigenvalue weighted by Gasteiger charge is -2.11. The minimum atomic E-state index is -2.85. The van der Waals surface area contributed by atoms with Crippen LogP contribution in [0.4, 0.5) is 8.78 Å². The molecule has 1 aromatic carbocycles. The van der Waals surface area contributed by atoms with E-state index in [9.17, 15) is 13.6 Å². The van der Waals surface area contributed by atoms with Crippen LogP contribution in [0.25, 0.3) is 0 Å². The molecule has 6 heteroatoms. The predicted molar refractivity (Wildman–Crippen MR) is 59.7 cm³/mol. The Kier molecular flexibility index (Phi) is 5.12. The number of halogens is 3. The van der Waals surface area contributed by atoms with Gasteiger partial charge in [-0.05, 0) is 12.1 Å². The first kappa shape index (κ1) is 12.5. The summed E-state index contributed by atoms with van der Waals surface area (Å²) in [6.07, 6.45) is 1.06. The van der Waals surface area contributed by atoms with Crippen LogP contribution in [0.15, 0.2) is 22.7 Å². The van der Waals surface area contributed by atoms with Gasteiger partial charge in [0, 0.05) is 15.9 Å². The minimum Gasteiger partial charge on any atom is -0.434 e. The predicted octanol–water partition coefficient (Wildman–Crippen LogP) is 2.55. The number of alkyl halides is 2. The Bertz CT molecular complexity index is 347. The maximum atomic E-state index is 12.1. The Hall–Kier alpha value is -0.540. The van der Waals surface area contributed by atoms with Crippen molar-refractivity contribution in [2.45, 2.75) is 6.61 Å². The molecule has 0 spiro atoms. The molecule has 0 amide bonds. The highest BCUT2D eigenvalue weighted by Crippen LogP contribution is 2.26. The Balaban J connectivity index is 2.91. The van der Waals surface area contributed by atoms with Crippen LogP contribution in [0.2, 0.25) is 0 Å². The molecule has 0 radical (unpaired) electrons. The van der Waals surface area contributed by atoms with E-state index in [1.165, 1.54) is 6.07 Å². The molecule has 1 aromatic rings. The Morgan fingerprint density at radius 1 is 1.53 bits per heavy atom. The number of benzene rings is 1. The van der Waals surface area contributed by atoms with E-state index >= 15 is 0 Å². The monoisotopic (exact) mass is 296 g/mol. The van der Waals surface area contributed by atoms with Crippen molar-refractivity contribution in [1.82, 2.24) is 0 Å². The van der Waals surface area contributed by atoms with Gasteiger partial charge in [-0.1, -0.05) is 30.6 Å². The van der Waals surface area contributed by atoms with E-state index in [4.69, 9.17) is 0 Å². The van der Waals surface area contributed by atoms with E-state index in [1.807, 2.05) is 0 Å². The van der Waals surface area contributed by atoms with Gasteiger partial charge in [0.25, 0.3) is 0 Å². The summed E-state index contributed by atoms with van der Waals surface area (Å²) in [6, 6.07) is 4.80. The first-order valence-electron chi connectivity index (χ1n) is 4.06. The van der Waals surface area contributed by atoms with Gasteiger partial charge in [-0.25, -0.2) is 0 Å². The Labute approximate surface area is 95.9 Å². The summed E-state index contributed by atoms with van der Waals surface area (Å²) in [5, 5.41) is 0.616. The van der Waals surface area contributed by atoms with Gasteiger partial charge in [-0.2, -0.15) is 8.78 Å². The van der Waals surface area contributed by atoms with Gasteiger partial charge in [0.05, 0.1) is 0 Å². The highest BCUT2D eigenvalue weighted by Gasteiger charge is 2.11. The number of hydrogen-bond donors (Lipinski definition) is 0. The molecule has 0 aliphatic carbocycles. The van der Waals surface area contributed by atoms with E-state index in [0.717, 1.165) is 6.29 Å². The zero-order valence-corrected chi connectivity index (χ0v) is 10.1. The second kappa shape index (κ2) is 6.13. The van der Waals surface area contributed by atoms with Crippen molar-refractivity contribution in [3.05, 3.63) is 22.7 Å². The maximum absolute atomic E-state index is 12.1. The van der Waals surface area contributed by atoms with Crippen LogP contribution >= 0.6 is 24.5 Å². The molecule has 1 unspecified atom stereocenters. The van der Waals surface area contributed by atoms with E-state index in [1.54, 1.807) is 12.1 Å². The van der Waals surface area contributed by atoms with Gasteiger partial charge in [-0.15, -0.1) is 0 Å². The van der Waals surface area contributed by atoms with Crippen molar-refractivity contribution in [3.63, 3.8) is 0 Å². The zero-order valence-electron chi connectivity index (χ0n) is 7.54. The average Bonchev–Trinajstić information content (AvgIpc) is 2.16. The molecule has 0 saturated heterocycles. The second-order valence-electron chi connectivity index (χ2n) is 2.54. The van der Waals surface area contributed by atoms with Crippen LogP contribution in [-0.2, 0) is 4.79 Å². The third-order valence-electron chi connectivity index (χ3n) is 1.55. The normalized spacial score (nSPS) is 11.2. The van der Waals surface area contributed by atoms with Gasteiger partial charge in [0.1, 0.15) is 12.0 Å². The molecule has 0 aromatic heterocycles. The number of aldehydes is 1. The Morgan fingerprint density at radius 3 is 2.87 bits per heavy atom. The van der Waals surface area contributed by atoms with Crippen molar-refractivity contribution in [3.8, 4) is 5.75 Å². The number of carbonyl (C=O) groups excluding carboxylic acids is 1. The fourth-order valence-corrected chi connectivity index (χ4v) is 2.64. The molecule has 0 fully saturated rings. The second-order valence-corrected chi connectivity index (χ2v) is 4.66. The largest absolute Gasteiger partial charge is 0.434 e. The molecule has 82 valence electrons. The Morgan fingerprint density at radius 2 is 2.27 bits per heavy atom. The maximum Gasteiger partial charge on any atom is 0.387 e. The summed E-state index contributed by atoms with van der Waals surface area (Å²) in [6.45, 7) is -2.85. The zero-order chi connectivity index (χ0) is 11.3. The molecule has 0 saturated carbocycles. The molecule has 0 aliphatic heterocycles. The van der Waals surface area contributed by atoms with E-state index in [0.29, 0.717) is 15.9 Å². The first-order valence-corrected chi connectivity index (χ1v) is 6.06. The molecule has 0 heterocycles. The van der Waals surface area contributed by atoms with Crippen molar-refractivity contribution in [1.29, 1.82) is 0 Å². The lowest BCUT2D eigenvalue weighted by atomic mass is 10.3. The van der Waals surface area contributed by atoms with Crippen LogP contribution in [0.5, 0.6) is 5.75 Å². The number of ether oxygens (including phenoxy) is 1. The third kappa shape index (κ3) is 3.84. The fourth-order valence-electron chi connectivity index (χ4n) is 1.01. The van der Waals surface area contributed by atoms with Gasteiger partial charge >= 0.3 is 6.61 Å². The first-order chi connectivity index (χ1) is 7.15. The molecule has 1 atom stereocenters. The summed E-state index contributed by atoms with van der Waals surface area (Å²) < 4.78 is 29.1. The van der Waals surface area contributed by atoms with Gasteiger partial charge in [-0.3, -0.25) is 0 Å². The molecular weight excluding hydrogens is 289 g/mol. The number of hydrogen-bond acceptors (Lipinski definition) is 2. The SMILES string of the molecule is O=CCPc1c(Br)cccc1OC(F)F. The molecule has 0 N–H and O–H groups in total. The summed E-state index contributed by atoms with van der Waals surface area (Å²) >= 11 is 3.23. The highest BCUT2D eigenvalue weighted by atomic mass is 79.9. The lowest BCUT2D eigenvalue weighted by molar-refractivity contribution is -0.105. The van der Waals surface area contributed by atoms with E-state index < -0.39 is 6.61 Å². The van der Waals surface area contributed by atoms with Crippen LogP contribution in [0.1, 0.15) is 0 Å². The third-order valence-corrected chi connectivity index (χ3v) is 3.82. The van der Waals surface area contributed by atoms with E-state index in [2.05, 4.69) is 20.7 Å². The molecule has 1 rings (SSSR count). The molecule has 0 aliphatic rings. The van der Waals surface area contributed by atoms with Gasteiger partial charge in [0.2, 0.25) is 0 Å². The average molecular weight is 297 g/mol. The molecule has 2 nitrogen and oxygen atoms in total. The van der Waals surface area contributed by atoms with Crippen molar-refractivity contribution in [2.24, 2.45) is 0 Å². The van der Waals surface area contributed by atoms with E-state index in [-0.39, 0.29) is 14.3 Å². The van der Waals surface area contributed by atoms with Crippen LogP contribution in [-0.4, -0.2) is 19.1 Å². The summed E-state index contributed by atoms with van der Waals surface area (Å²) in [7, 11) is 0.128. The smallest absolute Gasteiger partial charge is 0.387 e. The summed E-state index contributed by atoms with van der Waals surface area (Å²) in [4.78, 5) is 10.2. The van der Waals surface area contributed by atoms with Gasteiger partial charge < -0.3 is 9.53 Å². The number of rotatable bonds is 5.